The second kappa shape index (κ2) is 10.8. The Labute approximate surface area is 224 Å². The van der Waals surface area contributed by atoms with Gasteiger partial charge in [0.1, 0.15) is 17.2 Å². The number of carbonyl (C=O) groups is 1. The molecular weight excluding hydrogens is 495 g/mol. The van der Waals surface area contributed by atoms with Crippen LogP contribution in [0.15, 0.2) is 18.2 Å². The third kappa shape index (κ3) is 5.96. The van der Waals surface area contributed by atoms with Gasteiger partial charge in [-0.2, -0.15) is 0 Å². The normalized spacial score (nSPS) is 25.6. The van der Waals surface area contributed by atoms with Crippen molar-refractivity contribution in [2.75, 3.05) is 38.1 Å². The zero-order valence-electron chi connectivity index (χ0n) is 24.0. The first-order chi connectivity index (χ1) is 18.8. The number of benzene rings is 1. The number of nitrogens with zero attached hydrogens (tertiary/aromatic N) is 3. The van der Waals surface area contributed by atoms with Crippen molar-refractivity contribution in [2.24, 2.45) is 17.8 Å². The zero-order valence-corrected chi connectivity index (χ0v) is 22.0. The maximum atomic E-state index is 14.9. The number of amides is 1. The molecule has 10 heteroatoms. The predicted octanol–water partition coefficient (Wildman–Crippen LogP) is 4.64. The second-order valence-electron chi connectivity index (χ2n) is 11.7. The van der Waals surface area contributed by atoms with E-state index in [1.807, 2.05) is 4.90 Å². The highest BCUT2D eigenvalue weighted by Crippen LogP contribution is 2.40. The summed E-state index contributed by atoms with van der Waals surface area (Å²) in [6.07, 6.45) is 3.24. The van der Waals surface area contributed by atoms with Crippen molar-refractivity contribution in [1.82, 2.24) is 20.4 Å². The number of ether oxygens (including phenoxy) is 1. The number of hydrogen-bond donors (Lipinski definition) is 2. The van der Waals surface area contributed by atoms with Crippen LogP contribution in [0.1, 0.15) is 59.6 Å². The number of nitrogens with one attached hydrogen (secondary N) is 2. The largest absolute Gasteiger partial charge is 0.381 e. The van der Waals surface area contributed by atoms with Crippen molar-refractivity contribution in [3.63, 3.8) is 0 Å². The average molecular weight is 534 g/mol. The maximum absolute atomic E-state index is 14.9. The van der Waals surface area contributed by atoms with Gasteiger partial charge in [-0.15, -0.1) is 10.2 Å². The molecule has 1 unspecified atom stereocenters. The van der Waals surface area contributed by atoms with E-state index in [2.05, 4.69) is 20.8 Å². The molecule has 3 fully saturated rings. The van der Waals surface area contributed by atoms with E-state index in [4.69, 9.17) is 7.48 Å². The lowest BCUT2D eigenvalue weighted by atomic mass is 10.00. The van der Waals surface area contributed by atoms with Gasteiger partial charge in [-0.05, 0) is 82.4 Å². The molecule has 0 spiro atoms. The van der Waals surface area contributed by atoms with Gasteiger partial charge < -0.3 is 20.3 Å². The van der Waals surface area contributed by atoms with Crippen LogP contribution in [0.3, 0.4) is 0 Å². The predicted molar refractivity (Wildman–Crippen MR) is 138 cm³/mol. The summed E-state index contributed by atoms with van der Waals surface area (Å²) in [5.74, 6) is -3.95. The number of hydrogen-bond acceptors (Lipinski definition) is 6. The van der Waals surface area contributed by atoms with E-state index in [1.54, 1.807) is 26.8 Å². The van der Waals surface area contributed by atoms with Crippen LogP contribution in [-0.2, 0) is 4.74 Å². The Morgan fingerprint density at radius 2 is 1.79 bits per heavy atom. The molecule has 1 aliphatic carbocycles. The molecule has 1 saturated carbocycles. The van der Waals surface area contributed by atoms with Crippen molar-refractivity contribution >= 4 is 11.7 Å². The smallest absolute Gasteiger partial charge is 0.257 e. The van der Waals surface area contributed by atoms with Crippen LogP contribution in [0.2, 0.25) is 0 Å². The van der Waals surface area contributed by atoms with E-state index in [0.717, 1.165) is 44.8 Å². The summed E-state index contributed by atoms with van der Waals surface area (Å²) in [7, 11) is 0. The van der Waals surface area contributed by atoms with E-state index in [1.165, 1.54) is 6.07 Å². The molecule has 38 heavy (non-hydrogen) atoms. The lowest BCUT2D eigenvalue weighted by Crippen LogP contribution is -2.41. The fourth-order valence-electron chi connectivity index (χ4n) is 5.76. The first-order valence-corrected chi connectivity index (χ1v) is 13.3. The summed E-state index contributed by atoms with van der Waals surface area (Å²) in [6.45, 7) is 6.29. The first-order valence-electron chi connectivity index (χ1n) is 14.3. The number of carbonyl (C=O) groups excluding carboxylic acids is 1. The fourth-order valence-corrected chi connectivity index (χ4v) is 5.76. The van der Waals surface area contributed by atoms with Crippen LogP contribution in [0.4, 0.5) is 19.0 Å². The Morgan fingerprint density at radius 3 is 2.39 bits per heavy atom. The van der Waals surface area contributed by atoms with Crippen LogP contribution < -0.4 is 10.6 Å². The van der Waals surface area contributed by atoms with E-state index >= 15 is 0 Å². The van der Waals surface area contributed by atoms with Gasteiger partial charge in [0, 0.05) is 52.7 Å². The molecule has 7 nitrogen and oxygen atoms in total. The standard InChI is InChI=1S/C28H36F3N5O2/c1-28(2,3)33-27(37)24-21(29)12-20(25(30)26(24)31)22-4-5-23(35-34-22)32-19-10-17-14-36(15-18(17)11-19)13-16-6-8-38-9-7-16/h4-5,12,16-19H,6-11,13-15H2,1-3H3,(H,32,35)(H,33,37)/t17-,18+,19?/i13D2. The topological polar surface area (TPSA) is 79.4 Å². The second-order valence-corrected chi connectivity index (χ2v) is 11.7. The van der Waals surface area contributed by atoms with Crippen LogP contribution >= 0.6 is 0 Å². The Bertz CT molecular complexity index is 1240. The number of fused-ring (bicyclic) bond motifs is 1. The summed E-state index contributed by atoms with van der Waals surface area (Å²) < 4.78 is 67.2. The van der Waals surface area contributed by atoms with Gasteiger partial charge in [0.25, 0.3) is 5.91 Å². The Morgan fingerprint density at radius 1 is 1.11 bits per heavy atom. The highest BCUT2D eigenvalue weighted by Gasteiger charge is 2.41. The minimum atomic E-state index is -1.58. The number of likely N-dealkylation sites (tertiary alicyclic amines) is 1. The summed E-state index contributed by atoms with van der Waals surface area (Å²) in [5.41, 5.74) is -2.21. The minimum absolute atomic E-state index is 0.00794. The Kier molecular flexibility index (Phi) is 6.92. The van der Waals surface area contributed by atoms with Crippen LogP contribution in [0.5, 0.6) is 0 Å². The first kappa shape index (κ1) is 24.3. The van der Waals surface area contributed by atoms with Crippen LogP contribution in [0, 0.1) is 35.2 Å². The average Bonchev–Trinajstić information content (AvgIpc) is 3.46. The number of rotatable bonds is 6. The molecule has 3 atom stereocenters. The Hall–Kier alpha value is -2.72. The van der Waals surface area contributed by atoms with Crippen molar-refractivity contribution in [2.45, 2.75) is 58.0 Å². The molecule has 206 valence electrons. The zero-order chi connectivity index (χ0) is 28.8. The Balaban J connectivity index is 1.21. The lowest BCUT2D eigenvalue weighted by molar-refractivity contribution is 0.0545. The van der Waals surface area contributed by atoms with Gasteiger partial charge in [0.2, 0.25) is 0 Å². The third-order valence-corrected chi connectivity index (χ3v) is 7.50. The van der Waals surface area contributed by atoms with Gasteiger partial charge in [-0.3, -0.25) is 4.79 Å². The monoisotopic (exact) mass is 533 g/mol. The van der Waals surface area contributed by atoms with Gasteiger partial charge in [0.05, 0.1) is 5.69 Å². The van der Waals surface area contributed by atoms with E-state index in [-0.39, 0.29) is 17.7 Å². The molecular formula is C28H36F3N5O2. The molecule has 3 aliphatic rings. The molecule has 5 rings (SSSR count). The molecule has 1 amide bonds. The van der Waals surface area contributed by atoms with E-state index in [0.29, 0.717) is 30.9 Å². The number of aromatic nitrogens is 2. The molecule has 2 aromatic rings. The molecule has 2 saturated heterocycles. The molecule has 0 bridgehead atoms. The third-order valence-electron chi connectivity index (χ3n) is 7.50. The summed E-state index contributed by atoms with van der Waals surface area (Å²) >= 11 is 0. The number of anilines is 1. The van der Waals surface area contributed by atoms with E-state index in [9.17, 15) is 18.0 Å². The van der Waals surface area contributed by atoms with Gasteiger partial charge in [-0.25, -0.2) is 13.2 Å². The number of halogens is 3. The summed E-state index contributed by atoms with van der Waals surface area (Å²) in [4.78, 5) is 14.3. The molecule has 3 heterocycles. The fraction of sp³-hybridized carbons (Fsp3) is 0.607. The highest BCUT2D eigenvalue weighted by atomic mass is 19.2. The molecule has 0 radical (unpaired) electrons. The maximum Gasteiger partial charge on any atom is 0.257 e. The molecule has 2 N–H and O–H groups in total. The van der Waals surface area contributed by atoms with Crippen molar-refractivity contribution in [3.05, 3.63) is 41.2 Å². The SMILES string of the molecule is [2H]C([2H])(C1CCOCC1)N1C[C@H]2CC(Nc3ccc(-c4cc(F)c(C(=O)NC(C)(C)C)c(F)c4F)nn3)C[C@H]2C1. The molecule has 1 aromatic heterocycles. The van der Waals surface area contributed by atoms with Gasteiger partial charge in [0.15, 0.2) is 11.6 Å². The van der Waals surface area contributed by atoms with Gasteiger partial charge >= 0.3 is 0 Å². The van der Waals surface area contributed by atoms with Crippen molar-refractivity contribution < 1.29 is 25.4 Å². The quantitative estimate of drug-likeness (QED) is 0.527. The summed E-state index contributed by atoms with van der Waals surface area (Å²) in [5, 5.41) is 13.9. The highest BCUT2D eigenvalue weighted by molar-refractivity contribution is 5.95. The minimum Gasteiger partial charge on any atom is -0.381 e. The summed E-state index contributed by atoms with van der Waals surface area (Å²) in [6, 6.07) is 3.91. The molecule has 1 aromatic carbocycles. The lowest BCUT2D eigenvalue weighted by Gasteiger charge is -2.27. The van der Waals surface area contributed by atoms with Crippen molar-refractivity contribution in [1.29, 1.82) is 0 Å². The van der Waals surface area contributed by atoms with Crippen molar-refractivity contribution in [3.8, 4) is 11.3 Å². The van der Waals surface area contributed by atoms with Crippen LogP contribution in [0.25, 0.3) is 11.3 Å². The van der Waals surface area contributed by atoms with Gasteiger partial charge in [-0.1, -0.05) is 0 Å². The van der Waals surface area contributed by atoms with Crippen LogP contribution in [-0.4, -0.2) is 65.4 Å². The van der Waals surface area contributed by atoms with E-state index < -0.39 is 46.5 Å². The molecule has 2 aliphatic heterocycles.